The van der Waals surface area contributed by atoms with Gasteiger partial charge in [0, 0.05) is 0 Å². The molecule has 0 atom stereocenters. The zero-order valence-corrected chi connectivity index (χ0v) is 7.84. The Bertz CT molecular complexity index is 298. The molecule has 1 rings (SSSR count). The Morgan fingerprint density at radius 1 is 1.36 bits per heavy atom. The average molecular weight is 202 g/mol. The van der Waals surface area contributed by atoms with Crippen LogP contribution in [0.1, 0.15) is 5.56 Å². The van der Waals surface area contributed by atoms with Crippen molar-refractivity contribution in [1.29, 1.82) is 0 Å². The molecule has 1 N–H and O–H groups in total. The zero-order valence-electron chi connectivity index (χ0n) is 7.84. The summed E-state index contributed by atoms with van der Waals surface area (Å²) in [6.45, 7) is -2.31. The number of halogens is 2. The summed E-state index contributed by atoms with van der Waals surface area (Å²) < 4.78 is 29.7. The highest BCUT2D eigenvalue weighted by Crippen LogP contribution is 2.25. The maximum absolute atomic E-state index is 12.4. The number of rotatable bonds is 4. The summed E-state index contributed by atoms with van der Waals surface area (Å²) in [4.78, 5) is 0. The molecule has 0 bridgehead atoms. The van der Waals surface area contributed by atoms with Crippen molar-refractivity contribution in [2.75, 3.05) is 20.5 Å². The van der Waals surface area contributed by atoms with Gasteiger partial charge in [0.1, 0.15) is 24.7 Å². The van der Waals surface area contributed by atoms with Crippen LogP contribution in [0, 0.1) is 0 Å². The zero-order chi connectivity index (χ0) is 10.6. The minimum Gasteiger partial charge on any atom is -0.497 e. The quantitative estimate of drug-likeness (QED) is 0.807. The van der Waals surface area contributed by atoms with Crippen molar-refractivity contribution in [1.82, 2.24) is 0 Å². The van der Waals surface area contributed by atoms with E-state index in [0.717, 1.165) is 0 Å². The van der Waals surface area contributed by atoms with Gasteiger partial charge in [0.15, 0.2) is 0 Å². The van der Waals surface area contributed by atoms with E-state index in [-0.39, 0.29) is 5.56 Å². The van der Waals surface area contributed by atoms with Crippen molar-refractivity contribution in [2.45, 2.75) is 5.60 Å². The second kappa shape index (κ2) is 4.37. The Hall–Kier alpha value is -1.16. The highest BCUT2D eigenvalue weighted by atomic mass is 19.1. The van der Waals surface area contributed by atoms with Gasteiger partial charge in [-0.1, -0.05) is 12.1 Å². The number of methoxy groups -OCH3 is 1. The maximum atomic E-state index is 12.4. The second-order valence-corrected chi connectivity index (χ2v) is 3.03. The lowest BCUT2D eigenvalue weighted by Crippen LogP contribution is -2.30. The van der Waals surface area contributed by atoms with Crippen LogP contribution in [0.15, 0.2) is 24.3 Å². The van der Waals surface area contributed by atoms with Gasteiger partial charge in [-0.05, 0) is 17.7 Å². The molecule has 4 heteroatoms. The van der Waals surface area contributed by atoms with Crippen molar-refractivity contribution in [3.8, 4) is 5.75 Å². The van der Waals surface area contributed by atoms with Gasteiger partial charge >= 0.3 is 0 Å². The summed E-state index contributed by atoms with van der Waals surface area (Å²) in [5.74, 6) is 0.461. The van der Waals surface area contributed by atoms with Gasteiger partial charge in [-0.15, -0.1) is 0 Å². The molecule has 1 aromatic carbocycles. The third-order valence-electron chi connectivity index (χ3n) is 2.05. The Morgan fingerprint density at radius 3 is 2.50 bits per heavy atom. The minimum atomic E-state index is -2.05. The number of ether oxygens (including phenoxy) is 1. The van der Waals surface area contributed by atoms with Crippen molar-refractivity contribution in [3.05, 3.63) is 29.8 Å². The molecule has 0 aromatic heterocycles. The predicted octanol–water partition coefficient (Wildman–Crippen LogP) is 1.82. The van der Waals surface area contributed by atoms with E-state index in [1.165, 1.54) is 19.2 Å². The van der Waals surface area contributed by atoms with Crippen molar-refractivity contribution in [3.63, 3.8) is 0 Å². The molecule has 2 nitrogen and oxygen atoms in total. The number of alkyl halides is 2. The van der Waals surface area contributed by atoms with E-state index in [9.17, 15) is 13.9 Å². The fourth-order valence-electron chi connectivity index (χ4n) is 1.10. The smallest absolute Gasteiger partial charge is 0.146 e. The molecule has 78 valence electrons. The first-order valence-electron chi connectivity index (χ1n) is 4.15. The van der Waals surface area contributed by atoms with Gasteiger partial charge in [0.05, 0.1) is 7.11 Å². The molecule has 0 saturated carbocycles. The Labute approximate surface area is 81.1 Å². The lowest BCUT2D eigenvalue weighted by atomic mass is 9.97. The van der Waals surface area contributed by atoms with E-state index in [1.807, 2.05) is 0 Å². The first-order chi connectivity index (χ1) is 6.66. The minimum absolute atomic E-state index is 0.182. The normalized spacial score (nSPS) is 11.4. The third-order valence-corrected chi connectivity index (χ3v) is 2.05. The summed E-state index contributed by atoms with van der Waals surface area (Å²) in [5.41, 5.74) is -1.86. The molecule has 0 amide bonds. The van der Waals surface area contributed by atoms with Crippen molar-refractivity contribution in [2.24, 2.45) is 0 Å². The van der Waals surface area contributed by atoms with Crippen LogP contribution < -0.4 is 4.74 Å². The van der Waals surface area contributed by atoms with E-state index in [0.29, 0.717) is 5.75 Å². The van der Waals surface area contributed by atoms with Crippen molar-refractivity contribution >= 4 is 0 Å². The molecule has 0 spiro atoms. The van der Waals surface area contributed by atoms with E-state index >= 15 is 0 Å². The molecule has 1 aromatic rings. The number of hydrogen-bond acceptors (Lipinski definition) is 2. The van der Waals surface area contributed by atoms with Gasteiger partial charge in [-0.25, -0.2) is 8.78 Å². The standard InChI is InChI=1S/C10H12F2O2/c1-14-9-4-2-3-8(5-9)10(13,6-11)7-12/h2-5,13H,6-7H2,1H3. The van der Waals surface area contributed by atoms with Crippen LogP contribution in [-0.2, 0) is 5.60 Å². The first-order valence-corrected chi connectivity index (χ1v) is 4.15. The molecular weight excluding hydrogens is 190 g/mol. The van der Waals surface area contributed by atoms with Crippen LogP contribution >= 0.6 is 0 Å². The fraction of sp³-hybridized carbons (Fsp3) is 0.400. The molecule has 0 unspecified atom stereocenters. The monoisotopic (exact) mass is 202 g/mol. The molecule has 0 heterocycles. The maximum Gasteiger partial charge on any atom is 0.146 e. The van der Waals surface area contributed by atoms with Crippen LogP contribution in [0.25, 0.3) is 0 Å². The molecule has 0 aliphatic rings. The summed E-state index contributed by atoms with van der Waals surface area (Å²) in [6.07, 6.45) is 0. The van der Waals surface area contributed by atoms with Gasteiger partial charge in [0.2, 0.25) is 0 Å². The molecule has 0 radical (unpaired) electrons. The molecule has 0 fully saturated rings. The van der Waals surface area contributed by atoms with Crippen molar-refractivity contribution < 1.29 is 18.6 Å². The van der Waals surface area contributed by atoms with Gasteiger partial charge < -0.3 is 9.84 Å². The summed E-state index contributed by atoms with van der Waals surface area (Å²) in [5, 5.41) is 9.51. The van der Waals surface area contributed by atoms with E-state index in [4.69, 9.17) is 4.74 Å². The van der Waals surface area contributed by atoms with Crippen LogP contribution in [0.2, 0.25) is 0 Å². The van der Waals surface area contributed by atoms with Crippen LogP contribution in [0.5, 0.6) is 5.75 Å². The number of hydrogen-bond donors (Lipinski definition) is 1. The third kappa shape index (κ3) is 2.01. The Balaban J connectivity index is 3.04. The molecule has 14 heavy (non-hydrogen) atoms. The highest BCUT2D eigenvalue weighted by molar-refractivity contribution is 5.32. The first kappa shape index (κ1) is 10.9. The number of benzene rings is 1. The summed E-state index contributed by atoms with van der Waals surface area (Å²) in [7, 11) is 1.45. The molecule has 0 aliphatic heterocycles. The summed E-state index contributed by atoms with van der Waals surface area (Å²) in [6, 6.07) is 6.09. The van der Waals surface area contributed by atoms with Gasteiger partial charge in [0.25, 0.3) is 0 Å². The number of aliphatic hydroxyl groups is 1. The Morgan fingerprint density at radius 2 is 2.00 bits per heavy atom. The summed E-state index contributed by atoms with van der Waals surface area (Å²) >= 11 is 0. The van der Waals surface area contributed by atoms with E-state index in [2.05, 4.69) is 0 Å². The molecule has 0 aliphatic carbocycles. The average Bonchev–Trinajstić information content (AvgIpc) is 2.28. The lowest BCUT2D eigenvalue weighted by molar-refractivity contribution is -0.0112. The van der Waals surface area contributed by atoms with Crippen LogP contribution in [-0.4, -0.2) is 25.6 Å². The SMILES string of the molecule is COc1cccc(C(O)(CF)CF)c1. The van der Waals surface area contributed by atoms with E-state index < -0.39 is 19.0 Å². The largest absolute Gasteiger partial charge is 0.497 e. The van der Waals surface area contributed by atoms with Crippen LogP contribution in [0.4, 0.5) is 8.78 Å². The lowest BCUT2D eigenvalue weighted by Gasteiger charge is -2.21. The molecule has 0 saturated heterocycles. The Kier molecular flexibility index (Phi) is 3.41. The topological polar surface area (TPSA) is 29.5 Å². The van der Waals surface area contributed by atoms with Crippen LogP contribution in [0.3, 0.4) is 0 Å². The fourth-order valence-corrected chi connectivity index (χ4v) is 1.10. The van der Waals surface area contributed by atoms with E-state index in [1.54, 1.807) is 12.1 Å². The molecular formula is C10H12F2O2. The second-order valence-electron chi connectivity index (χ2n) is 3.03. The predicted molar refractivity (Wildman–Crippen MR) is 48.8 cm³/mol. The van der Waals surface area contributed by atoms with Gasteiger partial charge in [-0.2, -0.15) is 0 Å². The highest BCUT2D eigenvalue weighted by Gasteiger charge is 2.29. The van der Waals surface area contributed by atoms with Gasteiger partial charge in [-0.3, -0.25) is 0 Å².